The number of fused-ring (bicyclic) bond motifs is 4. The van der Waals surface area contributed by atoms with Gasteiger partial charge in [-0.1, -0.05) is 132 Å². The number of imidazole rings is 1. The number of aromatic nitrogens is 3. The number of furan rings is 1. The predicted molar refractivity (Wildman–Crippen MR) is 214 cm³/mol. The van der Waals surface area contributed by atoms with Gasteiger partial charge in [0.25, 0.3) is 0 Å². The van der Waals surface area contributed by atoms with Crippen LogP contribution in [0.25, 0.3) is 94.7 Å². The SMILES string of the molecule is Oc1ccccc1-c1nc2c(-c3[c-]c(-c4cc(-c5ccc(-c6ccccc6)cc5)ccn4)c4oc5ccccc5c4c3)cccc2n1-c1ccccc1.[Pt]. The number of benzene rings is 7. The van der Waals surface area contributed by atoms with E-state index in [0.717, 1.165) is 72.2 Å². The van der Waals surface area contributed by atoms with Crippen molar-refractivity contribution in [2.45, 2.75) is 0 Å². The first kappa shape index (κ1) is 33.3. The number of rotatable bonds is 6. The molecule has 0 aliphatic carbocycles. The van der Waals surface area contributed by atoms with Gasteiger partial charge in [0, 0.05) is 44.0 Å². The fraction of sp³-hybridized carbons (Fsp3) is 0. The number of phenolic OH excluding ortho intramolecular Hbond substituents is 1. The summed E-state index contributed by atoms with van der Waals surface area (Å²) in [5.41, 5.74) is 12.7. The van der Waals surface area contributed by atoms with E-state index >= 15 is 0 Å². The first-order chi connectivity index (χ1) is 26.2. The van der Waals surface area contributed by atoms with Crippen LogP contribution in [0.2, 0.25) is 0 Å². The van der Waals surface area contributed by atoms with Crippen LogP contribution in [0.5, 0.6) is 5.75 Å². The Balaban J connectivity index is 0.00000384. The summed E-state index contributed by atoms with van der Waals surface area (Å²) in [6, 6.07) is 60.9. The molecule has 6 heteroatoms. The molecule has 0 atom stereocenters. The minimum absolute atomic E-state index is 0. The van der Waals surface area contributed by atoms with Gasteiger partial charge in [-0.15, -0.1) is 17.7 Å². The Morgan fingerprint density at radius 1 is 0.574 bits per heavy atom. The zero-order chi connectivity index (χ0) is 35.3. The summed E-state index contributed by atoms with van der Waals surface area (Å²) >= 11 is 0. The Labute approximate surface area is 326 Å². The van der Waals surface area contributed by atoms with E-state index in [4.69, 9.17) is 14.4 Å². The summed E-state index contributed by atoms with van der Waals surface area (Å²) in [5.74, 6) is 0.821. The van der Waals surface area contributed by atoms with Crippen molar-refractivity contribution in [1.82, 2.24) is 14.5 Å². The Morgan fingerprint density at radius 3 is 2.04 bits per heavy atom. The van der Waals surface area contributed by atoms with E-state index in [1.165, 1.54) is 11.1 Å². The van der Waals surface area contributed by atoms with Gasteiger partial charge in [0.05, 0.1) is 22.2 Å². The summed E-state index contributed by atoms with van der Waals surface area (Å²) in [7, 11) is 0. The second-order valence-electron chi connectivity index (χ2n) is 13.1. The molecular weight excluding hydrogens is 846 g/mol. The van der Waals surface area contributed by atoms with Gasteiger partial charge in [-0.3, -0.25) is 9.55 Å². The predicted octanol–water partition coefficient (Wildman–Crippen LogP) is 12.2. The fourth-order valence-electron chi connectivity index (χ4n) is 7.32. The van der Waals surface area contributed by atoms with Crippen LogP contribution >= 0.6 is 0 Å². The number of para-hydroxylation sites is 4. The molecule has 0 amide bonds. The van der Waals surface area contributed by atoms with Gasteiger partial charge in [-0.05, 0) is 70.1 Å². The van der Waals surface area contributed by atoms with Gasteiger partial charge in [0.2, 0.25) is 0 Å². The van der Waals surface area contributed by atoms with Crippen molar-refractivity contribution in [3.05, 3.63) is 182 Å². The third kappa shape index (κ3) is 5.71. The molecule has 0 spiro atoms. The normalized spacial score (nSPS) is 11.3. The minimum Gasteiger partial charge on any atom is -0.507 e. The van der Waals surface area contributed by atoms with Crippen molar-refractivity contribution in [3.8, 4) is 67.5 Å². The average molecular weight is 876 g/mol. The Kier molecular flexibility index (Phi) is 8.49. The van der Waals surface area contributed by atoms with Crippen molar-refractivity contribution < 1.29 is 30.6 Å². The van der Waals surface area contributed by atoms with Crippen LogP contribution in [0.15, 0.2) is 180 Å². The van der Waals surface area contributed by atoms with Crippen molar-refractivity contribution in [1.29, 1.82) is 0 Å². The van der Waals surface area contributed by atoms with Crippen LogP contribution in [-0.2, 0) is 21.1 Å². The van der Waals surface area contributed by atoms with Gasteiger partial charge >= 0.3 is 0 Å². The van der Waals surface area contributed by atoms with Gasteiger partial charge < -0.3 is 9.52 Å². The van der Waals surface area contributed by atoms with Crippen LogP contribution in [0.1, 0.15) is 0 Å². The van der Waals surface area contributed by atoms with E-state index < -0.39 is 0 Å². The number of phenols is 1. The molecule has 0 saturated carbocycles. The van der Waals surface area contributed by atoms with Crippen LogP contribution in [0.4, 0.5) is 0 Å². The van der Waals surface area contributed by atoms with Crippen molar-refractivity contribution in [2.24, 2.45) is 0 Å². The zero-order valence-electron chi connectivity index (χ0n) is 28.8. The van der Waals surface area contributed by atoms with Gasteiger partial charge in [-0.2, -0.15) is 0 Å². The first-order valence-corrected chi connectivity index (χ1v) is 17.5. The molecule has 10 aromatic rings. The molecule has 0 saturated heterocycles. The van der Waals surface area contributed by atoms with E-state index in [0.29, 0.717) is 11.4 Å². The molecule has 54 heavy (non-hydrogen) atoms. The molecule has 3 aromatic heterocycles. The van der Waals surface area contributed by atoms with E-state index in [1.807, 2.05) is 72.9 Å². The van der Waals surface area contributed by atoms with Crippen molar-refractivity contribution in [3.63, 3.8) is 0 Å². The van der Waals surface area contributed by atoms with Crippen LogP contribution in [-0.4, -0.2) is 19.6 Å². The molecule has 0 radical (unpaired) electrons. The quantitative estimate of drug-likeness (QED) is 0.169. The Bertz CT molecular complexity index is 2950. The molecule has 0 aliphatic heterocycles. The Hall–Kier alpha value is -6.55. The smallest absolute Gasteiger partial charge is 0.148 e. The largest absolute Gasteiger partial charge is 0.507 e. The van der Waals surface area contributed by atoms with Crippen LogP contribution < -0.4 is 0 Å². The van der Waals surface area contributed by atoms with Gasteiger partial charge in [-0.25, -0.2) is 4.98 Å². The summed E-state index contributed by atoms with van der Waals surface area (Å²) in [6.07, 6.45) is 1.85. The summed E-state index contributed by atoms with van der Waals surface area (Å²) in [4.78, 5) is 10.1. The molecule has 0 aliphatic rings. The number of nitrogens with zero attached hydrogens (tertiary/aromatic N) is 3. The number of aromatic hydroxyl groups is 1. The third-order valence-electron chi connectivity index (χ3n) is 9.89. The summed E-state index contributed by atoms with van der Waals surface area (Å²) in [6.45, 7) is 0. The second kappa shape index (κ2) is 13.8. The van der Waals surface area contributed by atoms with Gasteiger partial charge in [0.15, 0.2) is 0 Å². The first-order valence-electron chi connectivity index (χ1n) is 17.5. The molecule has 0 unspecified atom stereocenters. The topological polar surface area (TPSA) is 64.1 Å². The second-order valence-corrected chi connectivity index (χ2v) is 13.1. The fourth-order valence-corrected chi connectivity index (χ4v) is 7.32. The van der Waals surface area contributed by atoms with E-state index in [-0.39, 0.29) is 26.8 Å². The van der Waals surface area contributed by atoms with E-state index in [9.17, 15) is 5.11 Å². The third-order valence-corrected chi connectivity index (χ3v) is 9.89. The molecule has 10 rings (SSSR count). The Morgan fingerprint density at radius 2 is 1.24 bits per heavy atom. The maximum Gasteiger partial charge on any atom is 0.148 e. The number of pyridine rings is 1. The molecule has 7 aromatic carbocycles. The average Bonchev–Trinajstić information content (AvgIpc) is 3.80. The van der Waals surface area contributed by atoms with Crippen LogP contribution in [0.3, 0.4) is 0 Å². The maximum absolute atomic E-state index is 11.0. The van der Waals surface area contributed by atoms with E-state index in [1.54, 1.807) is 6.07 Å². The molecule has 260 valence electrons. The molecule has 0 fully saturated rings. The monoisotopic (exact) mass is 875 g/mol. The molecule has 1 N–H and O–H groups in total. The number of hydrogen-bond acceptors (Lipinski definition) is 4. The summed E-state index contributed by atoms with van der Waals surface area (Å²) < 4.78 is 8.67. The molecular formula is C48H30N3O2Pt-. The van der Waals surface area contributed by atoms with Crippen molar-refractivity contribution in [2.75, 3.05) is 0 Å². The zero-order valence-corrected chi connectivity index (χ0v) is 31.0. The van der Waals surface area contributed by atoms with Crippen LogP contribution in [0, 0.1) is 6.07 Å². The summed E-state index contributed by atoms with van der Waals surface area (Å²) in [5, 5.41) is 13.0. The molecule has 3 heterocycles. The molecule has 0 bridgehead atoms. The van der Waals surface area contributed by atoms with E-state index in [2.05, 4.69) is 108 Å². The standard InChI is InChI=1S/C48H30N3O2.Pt/c52-44-20-9-7-17-39(44)48-50-46-37(18-11-19-43(46)51(48)36-14-5-2-6-15-36)35-28-40-38-16-8-10-21-45(38)53-47(40)41(29-35)42-30-34(26-27-49-42)33-24-22-32(23-25-33)31-12-3-1-4-13-31;/h1-28,30,52H;/q-1;. The van der Waals surface area contributed by atoms with Crippen molar-refractivity contribution >= 4 is 33.0 Å². The maximum atomic E-state index is 11.0. The molecule has 5 nitrogen and oxygen atoms in total. The van der Waals surface area contributed by atoms with Gasteiger partial charge in [0.1, 0.15) is 17.2 Å². The minimum atomic E-state index is 0. The number of hydrogen-bond donors (Lipinski definition) is 1.